The molecule has 0 unspecified atom stereocenters. The van der Waals surface area contributed by atoms with Crippen molar-refractivity contribution >= 4 is 27.6 Å². The minimum Gasteiger partial charge on any atom is -0.378 e. The molecule has 10 nitrogen and oxygen atoms in total. The van der Waals surface area contributed by atoms with E-state index in [1.54, 1.807) is 37.8 Å². The lowest BCUT2D eigenvalue weighted by molar-refractivity contribution is -0.118. The number of benzene rings is 1. The summed E-state index contributed by atoms with van der Waals surface area (Å²) >= 11 is 0. The molecule has 4 N–H and O–H groups in total. The number of hydrogen-bond donors (Lipinski definition) is 4. The summed E-state index contributed by atoms with van der Waals surface area (Å²) in [4.78, 5) is 27.7. The van der Waals surface area contributed by atoms with Gasteiger partial charge in [-0.05, 0) is 83.3 Å². The Morgan fingerprint density at radius 1 is 1.12 bits per heavy atom. The number of nitrogens with zero attached hydrogens (tertiary/aromatic N) is 1. The Balaban J connectivity index is 1.67. The highest BCUT2D eigenvalue weighted by atomic mass is 32.2. The minimum absolute atomic E-state index is 0.118. The second-order valence-corrected chi connectivity index (χ2v) is 11.6. The molecule has 2 fully saturated rings. The van der Waals surface area contributed by atoms with E-state index in [1.807, 2.05) is 0 Å². The number of sulfonamides is 1. The van der Waals surface area contributed by atoms with Crippen molar-refractivity contribution in [3.63, 3.8) is 0 Å². The van der Waals surface area contributed by atoms with E-state index in [4.69, 9.17) is 4.74 Å². The maximum Gasteiger partial charge on any atom is 0.318 e. The number of carbonyl (C=O) groups is 2. The fourth-order valence-electron chi connectivity index (χ4n) is 4.10. The van der Waals surface area contributed by atoms with Gasteiger partial charge in [-0.15, -0.1) is 0 Å². The monoisotopic (exact) mass is 495 g/mol. The molecule has 1 atom stereocenters. The average molecular weight is 496 g/mol. The maximum atomic E-state index is 13.2. The number of anilines is 1. The largest absolute Gasteiger partial charge is 0.378 e. The molecule has 0 aromatic heterocycles. The molecule has 0 saturated carbocycles. The van der Waals surface area contributed by atoms with Crippen LogP contribution >= 0.6 is 0 Å². The van der Waals surface area contributed by atoms with E-state index >= 15 is 0 Å². The number of nitrogens with one attached hydrogen (secondary N) is 4. The van der Waals surface area contributed by atoms with Crippen molar-refractivity contribution in [1.82, 2.24) is 20.3 Å². The molecule has 2 heterocycles. The van der Waals surface area contributed by atoms with Crippen molar-refractivity contribution in [3.05, 3.63) is 24.3 Å². The third kappa shape index (κ3) is 7.93. The lowest BCUT2D eigenvalue weighted by Gasteiger charge is -2.31. The Bertz CT molecular complexity index is 933. The summed E-state index contributed by atoms with van der Waals surface area (Å²) in [6.07, 6.45) is 2.45. The van der Waals surface area contributed by atoms with Crippen LogP contribution in [0.3, 0.4) is 0 Å². The number of amides is 3. The van der Waals surface area contributed by atoms with E-state index in [0.29, 0.717) is 44.3 Å². The van der Waals surface area contributed by atoms with Crippen LogP contribution in [0, 0.1) is 5.92 Å². The average Bonchev–Trinajstić information content (AvgIpc) is 2.78. The molecule has 1 aromatic rings. The summed E-state index contributed by atoms with van der Waals surface area (Å²) in [5.74, 6) is 0.0153. The van der Waals surface area contributed by atoms with Gasteiger partial charge in [0.1, 0.15) is 6.04 Å². The van der Waals surface area contributed by atoms with Crippen LogP contribution in [0.1, 0.15) is 40.0 Å². The molecule has 0 bridgehead atoms. The Labute approximate surface area is 202 Å². The normalized spacial score (nSPS) is 18.9. The van der Waals surface area contributed by atoms with Crippen LogP contribution in [0.25, 0.3) is 0 Å². The van der Waals surface area contributed by atoms with Crippen LogP contribution in [0.4, 0.5) is 10.5 Å². The smallest absolute Gasteiger partial charge is 0.318 e. The van der Waals surface area contributed by atoms with Crippen molar-refractivity contribution in [2.75, 3.05) is 44.7 Å². The zero-order chi connectivity index (χ0) is 24.8. The third-order valence-corrected chi connectivity index (χ3v) is 7.59. The molecular weight excluding hydrogens is 458 g/mol. The Morgan fingerprint density at radius 3 is 2.32 bits per heavy atom. The van der Waals surface area contributed by atoms with Gasteiger partial charge in [-0.25, -0.2) is 17.9 Å². The van der Waals surface area contributed by atoms with Crippen LogP contribution < -0.4 is 20.7 Å². The van der Waals surface area contributed by atoms with E-state index in [-0.39, 0.29) is 16.8 Å². The number of rotatable bonds is 7. The van der Waals surface area contributed by atoms with Crippen LogP contribution in [0.15, 0.2) is 29.2 Å². The Morgan fingerprint density at radius 2 is 1.74 bits per heavy atom. The van der Waals surface area contributed by atoms with Gasteiger partial charge in [-0.3, -0.25) is 4.79 Å². The van der Waals surface area contributed by atoms with Crippen molar-refractivity contribution in [1.29, 1.82) is 0 Å². The van der Waals surface area contributed by atoms with E-state index in [9.17, 15) is 18.0 Å². The van der Waals surface area contributed by atoms with E-state index in [2.05, 4.69) is 20.7 Å². The van der Waals surface area contributed by atoms with Gasteiger partial charge in [0.15, 0.2) is 0 Å². The zero-order valence-corrected chi connectivity index (χ0v) is 21.0. The van der Waals surface area contributed by atoms with Gasteiger partial charge in [0.2, 0.25) is 15.9 Å². The fourth-order valence-corrected chi connectivity index (χ4v) is 5.52. The van der Waals surface area contributed by atoms with Crippen LogP contribution in [-0.2, 0) is 19.6 Å². The molecule has 0 spiro atoms. The lowest BCUT2D eigenvalue weighted by atomic mass is 9.90. The first-order valence-electron chi connectivity index (χ1n) is 11.8. The lowest BCUT2D eigenvalue weighted by Crippen LogP contribution is -2.53. The number of ether oxygens (including phenoxy) is 1. The van der Waals surface area contributed by atoms with Gasteiger partial charge < -0.3 is 25.6 Å². The highest BCUT2D eigenvalue weighted by Gasteiger charge is 2.28. The van der Waals surface area contributed by atoms with Gasteiger partial charge >= 0.3 is 6.03 Å². The summed E-state index contributed by atoms with van der Waals surface area (Å²) in [5, 5.41) is 9.06. The van der Waals surface area contributed by atoms with Crippen molar-refractivity contribution in [2.24, 2.45) is 5.92 Å². The summed E-state index contributed by atoms with van der Waals surface area (Å²) < 4.78 is 33.0. The van der Waals surface area contributed by atoms with Gasteiger partial charge in [0.05, 0.1) is 18.1 Å². The molecule has 1 aromatic carbocycles. The second-order valence-electron chi connectivity index (χ2n) is 9.90. The van der Waals surface area contributed by atoms with Gasteiger partial charge in [0.25, 0.3) is 0 Å². The highest BCUT2D eigenvalue weighted by molar-refractivity contribution is 7.89. The predicted octanol–water partition coefficient (Wildman–Crippen LogP) is 1.50. The Kier molecular flexibility index (Phi) is 8.91. The molecule has 34 heavy (non-hydrogen) atoms. The number of morpholine rings is 1. The predicted molar refractivity (Wildman–Crippen MR) is 130 cm³/mol. The van der Waals surface area contributed by atoms with E-state index < -0.39 is 21.6 Å². The van der Waals surface area contributed by atoms with Gasteiger partial charge in [-0.2, -0.15) is 0 Å². The minimum atomic E-state index is -3.67. The Hall–Kier alpha value is -2.21. The van der Waals surface area contributed by atoms with E-state index in [1.165, 1.54) is 12.1 Å². The van der Waals surface area contributed by atoms with Crippen molar-refractivity contribution < 1.29 is 22.7 Å². The molecule has 0 aliphatic carbocycles. The molecule has 190 valence electrons. The molecule has 2 aliphatic rings. The summed E-state index contributed by atoms with van der Waals surface area (Å²) in [5.41, 5.74) is -0.137. The molecule has 3 rings (SSSR count). The number of urea groups is 1. The first-order valence-corrected chi connectivity index (χ1v) is 13.3. The van der Waals surface area contributed by atoms with Crippen LogP contribution in [0.2, 0.25) is 0 Å². The van der Waals surface area contributed by atoms with Gasteiger partial charge in [-0.1, -0.05) is 0 Å². The van der Waals surface area contributed by atoms with Crippen molar-refractivity contribution in [2.45, 2.75) is 56.5 Å². The third-order valence-electron chi connectivity index (χ3n) is 5.81. The number of hydrogen-bond acceptors (Lipinski definition) is 6. The molecule has 11 heteroatoms. The fraction of sp³-hybridized carbons (Fsp3) is 0.652. The highest BCUT2D eigenvalue weighted by Crippen LogP contribution is 2.20. The molecular formula is C23H37N5O5S. The first-order chi connectivity index (χ1) is 16.0. The molecule has 2 saturated heterocycles. The SMILES string of the molecule is CC(C)(C)NS(=O)(=O)c1ccc(NC(=O)[C@H](CC2CCNCC2)NC(=O)N2CCOCC2)cc1. The molecule has 3 amide bonds. The molecule has 0 radical (unpaired) electrons. The summed E-state index contributed by atoms with van der Waals surface area (Å²) in [7, 11) is -3.67. The zero-order valence-electron chi connectivity index (χ0n) is 20.2. The maximum absolute atomic E-state index is 13.2. The van der Waals surface area contributed by atoms with Crippen LogP contribution in [0.5, 0.6) is 0 Å². The van der Waals surface area contributed by atoms with E-state index in [0.717, 1.165) is 25.9 Å². The van der Waals surface area contributed by atoms with Crippen molar-refractivity contribution in [3.8, 4) is 0 Å². The standard InChI is InChI=1S/C23H37N5O5S/c1-23(2,3)27-34(31,32)19-6-4-18(5-7-19)25-21(29)20(16-17-8-10-24-11-9-17)26-22(30)28-12-14-33-15-13-28/h4-7,17,20,24,27H,8-16H2,1-3H3,(H,25,29)(H,26,30)/t20-/m0/s1. The first kappa shape index (κ1) is 26.4. The second kappa shape index (κ2) is 11.5. The molecule has 2 aliphatic heterocycles. The topological polar surface area (TPSA) is 129 Å². The quantitative estimate of drug-likeness (QED) is 0.454. The van der Waals surface area contributed by atoms with Crippen LogP contribution in [-0.4, -0.2) is 76.2 Å². The summed E-state index contributed by atoms with van der Waals surface area (Å²) in [6.45, 7) is 9.06. The summed E-state index contributed by atoms with van der Waals surface area (Å²) in [6, 6.07) is 5.06. The van der Waals surface area contributed by atoms with Gasteiger partial charge in [0, 0.05) is 24.3 Å². The number of carbonyl (C=O) groups excluding carboxylic acids is 2. The number of piperidine rings is 1.